The van der Waals surface area contributed by atoms with Crippen molar-refractivity contribution in [3.63, 3.8) is 0 Å². The van der Waals surface area contributed by atoms with Crippen LogP contribution in [0.2, 0.25) is 0 Å². The van der Waals surface area contributed by atoms with Gasteiger partial charge in [-0.15, -0.1) is 0 Å². The van der Waals surface area contributed by atoms with E-state index in [0.29, 0.717) is 11.1 Å². The summed E-state index contributed by atoms with van der Waals surface area (Å²) in [6.45, 7) is 0. The van der Waals surface area contributed by atoms with Gasteiger partial charge in [-0.25, -0.2) is 4.98 Å². The van der Waals surface area contributed by atoms with Gasteiger partial charge in [-0.2, -0.15) is 0 Å². The molecule has 1 unspecified atom stereocenters. The van der Waals surface area contributed by atoms with Crippen LogP contribution in [0.3, 0.4) is 0 Å². The minimum absolute atomic E-state index is 0.448. The summed E-state index contributed by atoms with van der Waals surface area (Å²) in [6.07, 6.45) is 1.37. The van der Waals surface area contributed by atoms with Crippen LogP contribution in [0.25, 0.3) is 11.0 Å². The Balaban J connectivity index is 1.93. The zero-order valence-corrected chi connectivity index (χ0v) is 12.0. The lowest BCUT2D eigenvalue weighted by Gasteiger charge is -2.09. The first kappa shape index (κ1) is 12.4. The van der Waals surface area contributed by atoms with Crippen molar-refractivity contribution in [2.75, 3.05) is 0 Å². The van der Waals surface area contributed by atoms with E-state index in [-0.39, 0.29) is 0 Å². The number of benzene rings is 1. The molecule has 0 fully saturated rings. The fourth-order valence-electron chi connectivity index (χ4n) is 2.20. The van der Waals surface area contributed by atoms with Gasteiger partial charge in [-0.05, 0) is 34.1 Å². The van der Waals surface area contributed by atoms with Crippen molar-refractivity contribution in [2.24, 2.45) is 7.05 Å². The van der Waals surface area contributed by atoms with E-state index in [1.807, 2.05) is 35.9 Å². The predicted molar refractivity (Wildman–Crippen MR) is 75.8 cm³/mol. The number of aliphatic hydroxyl groups excluding tert-OH is 1. The van der Waals surface area contributed by atoms with Gasteiger partial charge in [-0.1, -0.05) is 12.1 Å². The number of hydrogen-bond donors (Lipinski definition) is 1. The second-order valence-electron chi connectivity index (χ2n) is 4.45. The van der Waals surface area contributed by atoms with Crippen molar-refractivity contribution < 1.29 is 9.52 Å². The van der Waals surface area contributed by atoms with Crippen LogP contribution in [0.1, 0.15) is 17.5 Å². The molecule has 3 rings (SSSR count). The van der Waals surface area contributed by atoms with Gasteiger partial charge < -0.3 is 14.1 Å². The second-order valence-corrected chi connectivity index (χ2v) is 5.17. The van der Waals surface area contributed by atoms with E-state index in [0.717, 1.165) is 22.4 Å². The Kier molecular flexibility index (Phi) is 3.16. The molecule has 0 bridgehead atoms. The van der Waals surface area contributed by atoms with Crippen LogP contribution in [0.15, 0.2) is 45.7 Å². The second kappa shape index (κ2) is 4.83. The third kappa shape index (κ3) is 2.19. The number of aromatic nitrogens is 2. The standard InChI is InChI=1S/C14H13BrN2O2/c1-17-11-5-3-2-4-10(11)16-13(17)8-12(18)9-6-7-19-14(9)15/h2-7,12,18H,8H2,1H3. The number of aryl methyl sites for hydroxylation is 1. The number of fused-ring (bicyclic) bond motifs is 1. The zero-order chi connectivity index (χ0) is 13.4. The van der Waals surface area contributed by atoms with E-state index >= 15 is 0 Å². The highest BCUT2D eigenvalue weighted by molar-refractivity contribution is 9.10. The van der Waals surface area contributed by atoms with Crippen molar-refractivity contribution in [3.8, 4) is 0 Å². The fourth-order valence-corrected chi connectivity index (χ4v) is 2.71. The van der Waals surface area contributed by atoms with Crippen LogP contribution in [0.5, 0.6) is 0 Å². The van der Waals surface area contributed by atoms with Crippen LogP contribution in [-0.4, -0.2) is 14.7 Å². The minimum atomic E-state index is -0.636. The predicted octanol–water partition coefficient (Wildman–Crippen LogP) is 3.20. The lowest BCUT2D eigenvalue weighted by atomic mass is 10.1. The maximum absolute atomic E-state index is 10.2. The van der Waals surface area contributed by atoms with Crippen LogP contribution in [0.4, 0.5) is 0 Å². The molecule has 0 aliphatic carbocycles. The smallest absolute Gasteiger partial charge is 0.174 e. The van der Waals surface area contributed by atoms with Gasteiger partial charge in [0, 0.05) is 19.0 Å². The maximum Gasteiger partial charge on any atom is 0.174 e. The lowest BCUT2D eigenvalue weighted by molar-refractivity contribution is 0.173. The largest absolute Gasteiger partial charge is 0.457 e. The number of nitrogens with zero attached hydrogens (tertiary/aromatic N) is 2. The lowest BCUT2D eigenvalue weighted by Crippen LogP contribution is -2.06. The molecule has 2 aromatic heterocycles. The third-order valence-electron chi connectivity index (χ3n) is 3.26. The fraction of sp³-hybridized carbons (Fsp3) is 0.214. The molecule has 4 nitrogen and oxygen atoms in total. The summed E-state index contributed by atoms with van der Waals surface area (Å²) in [4.78, 5) is 4.55. The highest BCUT2D eigenvalue weighted by Gasteiger charge is 2.17. The van der Waals surface area contributed by atoms with Gasteiger partial charge >= 0.3 is 0 Å². The van der Waals surface area contributed by atoms with E-state index in [9.17, 15) is 5.11 Å². The number of hydrogen-bond acceptors (Lipinski definition) is 3. The molecule has 98 valence electrons. The highest BCUT2D eigenvalue weighted by Crippen LogP contribution is 2.27. The van der Waals surface area contributed by atoms with E-state index in [1.165, 1.54) is 0 Å². The Morgan fingerprint density at radius 2 is 2.16 bits per heavy atom. The summed E-state index contributed by atoms with van der Waals surface area (Å²) >= 11 is 3.28. The Labute approximate surface area is 118 Å². The number of rotatable bonds is 3. The summed E-state index contributed by atoms with van der Waals surface area (Å²) in [5, 5.41) is 10.2. The Morgan fingerprint density at radius 1 is 1.37 bits per heavy atom. The maximum atomic E-state index is 10.2. The van der Waals surface area contributed by atoms with Gasteiger partial charge in [-0.3, -0.25) is 0 Å². The monoisotopic (exact) mass is 320 g/mol. The molecular formula is C14H13BrN2O2. The van der Waals surface area contributed by atoms with Crippen LogP contribution in [-0.2, 0) is 13.5 Å². The topological polar surface area (TPSA) is 51.2 Å². The zero-order valence-electron chi connectivity index (χ0n) is 10.4. The summed E-state index contributed by atoms with van der Waals surface area (Å²) < 4.78 is 7.72. The molecule has 1 atom stereocenters. The van der Waals surface area contributed by atoms with Crippen LogP contribution >= 0.6 is 15.9 Å². The molecule has 0 amide bonds. The molecular weight excluding hydrogens is 308 g/mol. The summed E-state index contributed by atoms with van der Waals surface area (Å²) in [7, 11) is 1.96. The van der Waals surface area contributed by atoms with Crippen molar-refractivity contribution in [2.45, 2.75) is 12.5 Å². The summed E-state index contributed by atoms with van der Waals surface area (Å²) in [5.41, 5.74) is 2.75. The number of para-hydroxylation sites is 2. The number of aliphatic hydroxyl groups is 1. The first-order valence-corrected chi connectivity index (χ1v) is 6.77. The van der Waals surface area contributed by atoms with Crippen molar-refractivity contribution >= 4 is 27.0 Å². The molecule has 0 saturated carbocycles. The quantitative estimate of drug-likeness (QED) is 0.806. The minimum Gasteiger partial charge on any atom is -0.457 e. The first-order chi connectivity index (χ1) is 9.16. The number of imidazole rings is 1. The molecule has 0 aliphatic heterocycles. The first-order valence-electron chi connectivity index (χ1n) is 5.98. The van der Waals surface area contributed by atoms with Gasteiger partial charge in [0.1, 0.15) is 5.82 Å². The van der Waals surface area contributed by atoms with Gasteiger partial charge in [0.25, 0.3) is 0 Å². The van der Waals surface area contributed by atoms with Crippen LogP contribution < -0.4 is 0 Å². The third-order valence-corrected chi connectivity index (χ3v) is 3.91. The molecule has 5 heteroatoms. The van der Waals surface area contributed by atoms with Crippen molar-refractivity contribution in [1.82, 2.24) is 9.55 Å². The van der Waals surface area contributed by atoms with E-state index in [1.54, 1.807) is 12.3 Å². The van der Waals surface area contributed by atoms with E-state index in [2.05, 4.69) is 20.9 Å². The molecule has 0 aliphatic rings. The number of halogens is 1. The molecule has 0 radical (unpaired) electrons. The van der Waals surface area contributed by atoms with Crippen molar-refractivity contribution in [1.29, 1.82) is 0 Å². The molecule has 2 heterocycles. The van der Waals surface area contributed by atoms with Crippen LogP contribution in [0, 0.1) is 0 Å². The average Bonchev–Trinajstić information content (AvgIpc) is 2.95. The molecule has 0 saturated heterocycles. The number of furan rings is 1. The molecule has 1 N–H and O–H groups in total. The Hall–Kier alpha value is -1.59. The highest BCUT2D eigenvalue weighted by atomic mass is 79.9. The van der Waals surface area contributed by atoms with E-state index in [4.69, 9.17) is 4.42 Å². The van der Waals surface area contributed by atoms with Crippen molar-refractivity contribution in [3.05, 3.63) is 52.7 Å². The molecule has 19 heavy (non-hydrogen) atoms. The Morgan fingerprint density at radius 3 is 2.84 bits per heavy atom. The van der Waals surface area contributed by atoms with Gasteiger partial charge in [0.2, 0.25) is 0 Å². The normalized spacial score (nSPS) is 13.0. The molecule has 0 spiro atoms. The SMILES string of the molecule is Cn1c(CC(O)c2ccoc2Br)nc2ccccc21. The molecule has 1 aromatic carbocycles. The molecule has 3 aromatic rings. The van der Waals surface area contributed by atoms with Gasteiger partial charge in [0.05, 0.1) is 23.4 Å². The van der Waals surface area contributed by atoms with E-state index < -0.39 is 6.10 Å². The Bertz CT molecular complexity index is 717. The summed E-state index contributed by atoms with van der Waals surface area (Å²) in [5.74, 6) is 0.849. The van der Waals surface area contributed by atoms with Gasteiger partial charge in [0.15, 0.2) is 4.67 Å². The average molecular weight is 321 g/mol. The summed E-state index contributed by atoms with van der Waals surface area (Å²) in [6, 6.07) is 9.70.